The number of amides is 5. The van der Waals surface area contributed by atoms with Crippen molar-refractivity contribution in [2.45, 2.75) is 12.7 Å². The van der Waals surface area contributed by atoms with E-state index in [9.17, 15) is 19.2 Å². The van der Waals surface area contributed by atoms with Gasteiger partial charge in [-0.15, -0.1) is 0 Å². The van der Waals surface area contributed by atoms with Crippen LogP contribution >= 0.6 is 0 Å². The van der Waals surface area contributed by atoms with Crippen LogP contribution in [0.1, 0.15) is 15.9 Å². The lowest BCUT2D eigenvalue weighted by Gasteiger charge is -2.18. The first kappa shape index (κ1) is 22.6. The van der Waals surface area contributed by atoms with E-state index < -0.39 is 24.0 Å². The van der Waals surface area contributed by atoms with Gasteiger partial charge in [0.1, 0.15) is 5.57 Å². The number of nitrogens with zero attached hydrogens (tertiary/aromatic N) is 2. The second kappa shape index (κ2) is 9.92. The molecule has 1 fully saturated rings. The molecular formula is C24H22N6O4. The first-order valence-electron chi connectivity index (χ1n) is 10.5. The number of carbonyl (C=O) groups excluding carboxylic acids is 4. The molecule has 0 radical (unpaired) electrons. The Morgan fingerprint density at radius 2 is 1.62 bits per heavy atom. The maximum atomic E-state index is 12.6. The van der Waals surface area contributed by atoms with E-state index in [1.165, 1.54) is 6.08 Å². The van der Waals surface area contributed by atoms with Crippen molar-refractivity contribution in [1.29, 1.82) is 0 Å². The number of hydrogen-bond donors (Lipinski definition) is 4. The molecule has 0 spiro atoms. The third kappa shape index (κ3) is 5.08. The number of nitrogens with one attached hydrogen (secondary N) is 4. The van der Waals surface area contributed by atoms with E-state index in [4.69, 9.17) is 0 Å². The van der Waals surface area contributed by atoms with E-state index in [0.717, 1.165) is 5.56 Å². The van der Waals surface area contributed by atoms with Crippen LogP contribution in [-0.2, 0) is 16.1 Å². The standard InChI is InChI=1S/C24H22N6O4/c1-25-19(26-21(31)16-10-6-3-7-11-16)14-30-13-17(20(29-30)15-8-4-2-5-9-15)12-18-22(32)27-24(34)28-23(18)33/h2-13,19,25H,14H2,1H3,(H,26,31)(H2,27,28,32,33,34). The highest BCUT2D eigenvalue weighted by molar-refractivity contribution is 6.31. The van der Waals surface area contributed by atoms with Gasteiger partial charge in [-0.25, -0.2) is 4.79 Å². The molecule has 4 rings (SSSR count). The van der Waals surface area contributed by atoms with Crippen LogP contribution in [0.15, 0.2) is 72.4 Å². The Hall–Kier alpha value is -4.57. The summed E-state index contributed by atoms with van der Waals surface area (Å²) in [6.45, 7) is 0.273. The number of hydrogen-bond acceptors (Lipinski definition) is 6. The summed E-state index contributed by atoms with van der Waals surface area (Å²) in [5, 5.41) is 14.7. The SMILES string of the molecule is CNC(Cn1cc(C=C2C(=O)NC(=O)NC2=O)c(-c2ccccc2)n1)NC(=O)c1ccccc1. The zero-order chi connectivity index (χ0) is 24.1. The van der Waals surface area contributed by atoms with Crippen LogP contribution in [0.4, 0.5) is 4.79 Å². The molecule has 1 aliphatic rings. The summed E-state index contributed by atoms with van der Waals surface area (Å²) in [7, 11) is 1.72. The van der Waals surface area contributed by atoms with Crippen molar-refractivity contribution in [3.05, 3.63) is 83.6 Å². The fraction of sp³-hybridized carbons (Fsp3) is 0.125. The lowest BCUT2D eigenvalue weighted by Crippen LogP contribution is -2.51. The highest BCUT2D eigenvalue weighted by Gasteiger charge is 2.28. The third-order valence-electron chi connectivity index (χ3n) is 5.14. The average molecular weight is 458 g/mol. The number of aromatic nitrogens is 2. The average Bonchev–Trinajstić information content (AvgIpc) is 3.24. The number of barbiturate groups is 1. The number of carbonyl (C=O) groups is 4. The molecule has 34 heavy (non-hydrogen) atoms. The molecule has 2 aromatic carbocycles. The van der Waals surface area contributed by atoms with Gasteiger partial charge in [0, 0.05) is 22.9 Å². The zero-order valence-electron chi connectivity index (χ0n) is 18.2. The Balaban J connectivity index is 1.63. The minimum Gasteiger partial charge on any atom is -0.335 e. The normalized spacial score (nSPS) is 14.3. The fourth-order valence-electron chi connectivity index (χ4n) is 3.45. The molecular weight excluding hydrogens is 436 g/mol. The molecule has 0 saturated carbocycles. The molecule has 1 saturated heterocycles. The quantitative estimate of drug-likeness (QED) is 0.239. The van der Waals surface area contributed by atoms with Crippen LogP contribution in [0.3, 0.4) is 0 Å². The van der Waals surface area contributed by atoms with Crippen LogP contribution < -0.4 is 21.3 Å². The first-order valence-corrected chi connectivity index (χ1v) is 10.5. The van der Waals surface area contributed by atoms with Crippen LogP contribution in [0, 0.1) is 0 Å². The smallest absolute Gasteiger partial charge is 0.328 e. The Labute approximate surface area is 195 Å². The van der Waals surface area contributed by atoms with E-state index in [-0.39, 0.29) is 18.0 Å². The van der Waals surface area contributed by atoms with Crippen molar-refractivity contribution in [1.82, 2.24) is 31.0 Å². The Kier molecular flexibility index (Phi) is 6.60. The van der Waals surface area contributed by atoms with Gasteiger partial charge in [0.05, 0.1) is 18.4 Å². The van der Waals surface area contributed by atoms with E-state index in [2.05, 4.69) is 26.4 Å². The van der Waals surface area contributed by atoms with Crippen LogP contribution in [0.25, 0.3) is 17.3 Å². The van der Waals surface area contributed by atoms with Gasteiger partial charge in [-0.05, 0) is 25.3 Å². The van der Waals surface area contributed by atoms with Crippen molar-refractivity contribution < 1.29 is 19.2 Å². The van der Waals surface area contributed by atoms with Crippen molar-refractivity contribution >= 4 is 29.8 Å². The van der Waals surface area contributed by atoms with Crippen molar-refractivity contribution in [2.24, 2.45) is 0 Å². The molecule has 5 amide bonds. The topological polar surface area (TPSA) is 134 Å². The molecule has 10 nitrogen and oxygen atoms in total. The fourth-order valence-corrected chi connectivity index (χ4v) is 3.45. The predicted molar refractivity (Wildman–Crippen MR) is 124 cm³/mol. The number of imide groups is 2. The zero-order valence-corrected chi connectivity index (χ0v) is 18.2. The summed E-state index contributed by atoms with van der Waals surface area (Å²) in [6.07, 6.45) is 2.61. The van der Waals surface area contributed by atoms with Crippen LogP contribution in [0.2, 0.25) is 0 Å². The number of likely N-dealkylation sites (N-methyl/N-ethyl adjacent to an activating group) is 1. The third-order valence-corrected chi connectivity index (χ3v) is 5.14. The molecule has 2 heterocycles. The highest BCUT2D eigenvalue weighted by Crippen LogP contribution is 2.24. The first-order chi connectivity index (χ1) is 16.4. The highest BCUT2D eigenvalue weighted by atomic mass is 16.2. The summed E-state index contributed by atoms with van der Waals surface area (Å²) in [5.41, 5.74) is 2.14. The Morgan fingerprint density at radius 3 is 2.24 bits per heavy atom. The van der Waals surface area contributed by atoms with Crippen molar-refractivity contribution in [2.75, 3.05) is 7.05 Å². The maximum Gasteiger partial charge on any atom is 0.328 e. The molecule has 4 N–H and O–H groups in total. The summed E-state index contributed by atoms with van der Waals surface area (Å²) >= 11 is 0. The summed E-state index contributed by atoms with van der Waals surface area (Å²) in [6, 6.07) is 17.2. The van der Waals surface area contributed by atoms with Crippen molar-refractivity contribution in [3.63, 3.8) is 0 Å². The molecule has 172 valence electrons. The predicted octanol–water partition coefficient (Wildman–Crippen LogP) is 1.27. The van der Waals surface area contributed by atoms with E-state index in [1.807, 2.05) is 36.4 Å². The summed E-state index contributed by atoms with van der Waals surface area (Å²) in [5.74, 6) is -1.81. The van der Waals surface area contributed by atoms with Crippen LogP contribution in [-0.4, -0.2) is 46.7 Å². The lowest BCUT2D eigenvalue weighted by molar-refractivity contribution is -0.123. The van der Waals surface area contributed by atoms with Crippen molar-refractivity contribution in [3.8, 4) is 11.3 Å². The van der Waals surface area contributed by atoms with Gasteiger partial charge >= 0.3 is 6.03 Å². The molecule has 1 atom stereocenters. The number of rotatable bonds is 7. The van der Waals surface area contributed by atoms with Gasteiger partial charge in [0.2, 0.25) is 0 Å². The van der Waals surface area contributed by atoms with Gasteiger partial charge in [0.15, 0.2) is 0 Å². The van der Waals surface area contributed by atoms with E-state index in [0.29, 0.717) is 16.8 Å². The Morgan fingerprint density at radius 1 is 1.00 bits per heavy atom. The molecule has 0 aliphatic carbocycles. The second-order valence-electron chi connectivity index (χ2n) is 7.50. The minimum absolute atomic E-state index is 0.209. The summed E-state index contributed by atoms with van der Waals surface area (Å²) in [4.78, 5) is 48.3. The number of benzene rings is 2. The van der Waals surface area contributed by atoms with E-state index >= 15 is 0 Å². The number of urea groups is 1. The van der Waals surface area contributed by atoms with Gasteiger partial charge in [-0.1, -0.05) is 48.5 Å². The monoisotopic (exact) mass is 458 g/mol. The molecule has 10 heteroatoms. The maximum absolute atomic E-state index is 12.6. The molecule has 0 bridgehead atoms. The van der Waals surface area contributed by atoms with E-state index in [1.54, 1.807) is 42.2 Å². The Bertz CT molecular complexity index is 1250. The second-order valence-corrected chi connectivity index (χ2v) is 7.50. The van der Waals surface area contributed by atoms with Gasteiger partial charge < -0.3 is 5.32 Å². The minimum atomic E-state index is -0.864. The largest absolute Gasteiger partial charge is 0.335 e. The van der Waals surface area contributed by atoms with Gasteiger partial charge in [-0.2, -0.15) is 5.10 Å². The van der Waals surface area contributed by atoms with Gasteiger partial charge in [-0.3, -0.25) is 35.0 Å². The van der Waals surface area contributed by atoms with Gasteiger partial charge in [0.25, 0.3) is 17.7 Å². The summed E-state index contributed by atoms with van der Waals surface area (Å²) < 4.78 is 1.62. The molecule has 1 unspecified atom stereocenters. The molecule has 1 aromatic heterocycles. The molecule has 3 aromatic rings. The lowest BCUT2D eigenvalue weighted by atomic mass is 10.0. The molecule has 1 aliphatic heterocycles. The van der Waals surface area contributed by atoms with Crippen LogP contribution in [0.5, 0.6) is 0 Å².